The normalized spacial score (nSPS) is 14.1. The van der Waals surface area contributed by atoms with E-state index in [1.165, 1.54) is 18.4 Å². The molecule has 0 aliphatic heterocycles. The Morgan fingerprint density at radius 2 is 1.91 bits per heavy atom. The van der Waals surface area contributed by atoms with Crippen molar-refractivity contribution < 1.29 is 4.74 Å². The number of unbranched alkanes of at least 4 members (excludes halogenated alkanes) is 1. The summed E-state index contributed by atoms with van der Waals surface area (Å²) in [4.78, 5) is 4.61. The third kappa shape index (κ3) is 9.03. The van der Waals surface area contributed by atoms with Gasteiger partial charge in [-0.15, -0.1) is 24.0 Å². The predicted molar refractivity (Wildman–Crippen MR) is 108 cm³/mol. The fraction of sp³-hybridized carbons (Fsp3) is 0.611. The first-order valence-electron chi connectivity index (χ1n) is 8.49. The molecule has 0 saturated heterocycles. The first-order chi connectivity index (χ1) is 10.8. The van der Waals surface area contributed by atoms with Gasteiger partial charge in [0.05, 0.1) is 6.61 Å². The van der Waals surface area contributed by atoms with Crippen LogP contribution in [0.4, 0.5) is 0 Å². The molecule has 1 aliphatic carbocycles. The van der Waals surface area contributed by atoms with Crippen LogP contribution >= 0.6 is 24.0 Å². The number of ether oxygens (including phenoxy) is 1. The summed E-state index contributed by atoms with van der Waals surface area (Å²) in [5.74, 6) is 2.74. The molecule has 0 amide bonds. The Balaban J connectivity index is 0.00000264. The molecule has 0 aromatic heterocycles. The highest BCUT2D eigenvalue weighted by Gasteiger charge is 2.20. The van der Waals surface area contributed by atoms with Crippen molar-refractivity contribution in [1.29, 1.82) is 0 Å². The monoisotopic (exact) mass is 431 g/mol. The second-order valence-electron chi connectivity index (χ2n) is 5.96. The molecule has 4 nitrogen and oxygen atoms in total. The zero-order chi connectivity index (χ0) is 15.6. The lowest BCUT2D eigenvalue weighted by molar-refractivity contribution is 0.307. The molecule has 23 heavy (non-hydrogen) atoms. The maximum atomic E-state index is 5.73. The standard InChI is InChI=1S/C18H29N3O.HI/c1-3-19-18(21-14-16-8-9-16)20-12-4-5-13-22-17-10-6-15(2)7-11-17;/h6-7,10-11,16H,3-5,8-9,12-14H2,1-2H3,(H2,19,20,21);1H. The molecule has 0 radical (unpaired) electrons. The van der Waals surface area contributed by atoms with E-state index in [1.807, 2.05) is 12.1 Å². The second kappa shape index (κ2) is 11.5. The lowest BCUT2D eigenvalue weighted by atomic mass is 10.2. The summed E-state index contributed by atoms with van der Waals surface area (Å²) in [7, 11) is 0. The van der Waals surface area contributed by atoms with Gasteiger partial charge in [0.2, 0.25) is 0 Å². The average molecular weight is 431 g/mol. The Morgan fingerprint density at radius 3 is 2.57 bits per heavy atom. The number of nitrogens with one attached hydrogen (secondary N) is 2. The van der Waals surface area contributed by atoms with Crippen LogP contribution in [0.25, 0.3) is 0 Å². The minimum absolute atomic E-state index is 0. The molecular weight excluding hydrogens is 401 g/mol. The van der Waals surface area contributed by atoms with E-state index in [4.69, 9.17) is 4.74 Å². The highest BCUT2D eigenvalue weighted by molar-refractivity contribution is 14.0. The third-order valence-corrected chi connectivity index (χ3v) is 3.70. The first-order valence-corrected chi connectivity index (χ1v) is 8.49. The number of aryl methyl sites for hydroxylation is 1. The van der Waals surface area contributed by atoms with Crippen molar-refractivity contribution in [3.8, 4) is 5.75 Å². The summed E-state index contributed by atoms with van der Waals surface area (Å²) in [6.07, 6.45) is 4.82. The molecule has 5 heteroatoms. The molecule has 0 atom stereocenters. The summed E-state index contributed by atoms with van der Waals surface area (Å²) < 4.78 is 5.73. The number of rotatable bonds is 9. The molecule has 0 unspecified atom stereocenters. The summed E-state index contributed by atoms with van der Waals surface area (Å²) >= 11 is 0. The van der Waals surface area contributed by atoms with Crippen LogP contribution in [0.15, 0.2) is 29.3 Å². The highest BCUT2D eigenvalue weighted by Crippen LogP contribution is 2.28. The van der Waals surface area contributed by atoms with E-state index in [1.54, 1.807) is 0 Å². The van der Waals surface area contributed by atoms with Crippen LogP contribution in [0.1, 0.15) is 38.2 Å². The van der Waals surface area contributed by atoms with Crippen molar-refractivity contribution >= 4 is 29.9 Å². The molecule has 2 N–H and O–H groups in total. The maximum Gasteiger partial charge on any atom is 0.191 e. The third-order valence-electron chi connectivity index (χ3n) is 3.70. The van der Waals surface area contributed by atoms with Crippen molar-refractivity contribution in [2.45, 2.75) is 39.5 Å². The number of hydrogen-bond acceptors (Lipinski definition) is 2. The smallest absolute Gasteiger partial charge is 0.191 e. The van der Waals surface area contributed by atoms with Crippen LogP contribution in [-0.2, 0) is 0 Å². The number of aliphatic imine (C=N–C) groups is 1. The molecule has 1 aromatic carbocycles. The largest absolute Gasteiger partial charge is 0.494 e. The van der Waals surface area contributed by atoms with Gasteiger partial charge in [-0.1, -0.05) is 17.7 Å². The topological polar surface area (TPSA) is 45.7 Å². The molecule has 1 fully saturated rings. The molecule has 130 valence electrons. The molecule has 1 aromatic rings. The summed E-state index contributed by atoms with van der Waals surface area (Å²) in [5, 5.41) is 6.69. The molecule has 1 aliphatic rings. The van der Waals surface area contributed by atoms with E-state index >= 15 is 0 Å². The summed E-state index contributed by atoms with van der Waals surface area (Å²) in [6.45, 7) is 7.76. The number of nitrogens with zero attached hydrogens (tertiary/aromatic N) is 1. The van der Waals surface area contributed by atoms with Crippen LogP contribution in [0, 0.1) is 12.8 Å². The minimum Gasteiger partial charge on any atom is -0.494 e. The van der Waals surface area contributed by atoms with Crippen LogP contribution in [-0.4, -0.2) is 32.2 Å². The highest BCUT2D eigenvalue weighted by atomic mass is 127. The first kappa shape index (κ1) is 20.1. The van der Waals surface area contributed by atoms with Gasteiger partial charge < -0.3 is 15.4 Å². The molecule has 2 rings (SSSR count). The second-order valence-corrected chi connectivity index (χ2v) is 5.96. The van der Waals surface area contributed by atoms with E-state index in [2.05, 4.69) is 41.6 Å². The Bertz CT molecular complexity index is 458. The van der Waals surface area contributed by atoms with Crippen molar-refractivity contribution in [1.82, 2.24) is 10.6 Å². The van der Waals surface area contributed by atoms with E-state index in [-0.39, 0.29) is 24.0 Å². The van der Waals surface area contributed by atoms with Gasteiger partial charge >= 0.3 is 0 Å². The van der Waals surface area contributed by atoms with Crippen molar-refractivity contribution in [3.05, 3.63) is 29.8 Å². The zero-order valence-corrected chi connectivity index (χ0v) is 16.6. The van der Waals surface area contributed by atoms with Gasteiger partial charge in [0.25, 0.3) is 0 Å². The van der Waals surface area contributed by atoms with Crippen LogP contribution in [0.5, 0.6) is 5.75 Å². The van der Waals surface area contributed by atoms with E-state index in [9.17, 15) is 0 Å². The summed E-state index contributed by atoms with van der Waals surface area (Å²) in [5.41, 5.74) is 1.26. The molecule has 0 heterocycles. The number of hydrogen-bond donors (Lipinski definition) is 2. The SMILES string of the molecule is CCNC(=NCC1CC1)NCCCCOc1ccc(C)cc1.I. The molecule has 0 spiro atoms. The number of guanidine groups is 1. The fourth-order valence-corrected chi connectivity index (χ4v) is 2.12. The van der Waals surface area contributed by atoms with Crippen LogP contribution in [0.3, 0.4) is 0 Å². The van der Waals surface area contributed by atoms with E-state index in [0.717, 1.165) is 56.7 Å². The van der Waals surface area contributed by atoms with Gasteiger partial charge in [-0.05, 0) is 57.6 Å². The summed E-state index contributed by atoms with van der Waals surface area (Å²) in [6, 6.07) is 8.22. The maximum absolute atomic E-state index is 5.73. The van der Waals surface area contributed by atoms with E-state index in [0.29, 0.717) is 0 Å². The minimum atomic E-state index is 0. The Kier molecular flexibility index (Phi) is 10.1. The lowest BCUT2D eigenvalue weighted by Crippen LogP contribution is -2.38. The van der Waals surface area contributed by atoms with Crippen molar-refractivity contribution in [2.24, 2.45) is 10.9 Å². The quantitative estimate of drug-likeness (QED) is 0.271. The van der Waals surface area contributed by atoms with E-state index < -0.39 is 0 Å². The van der Waals surface area contributed by atoms with Crippen LogP contribution < -0.4 is 15.4 Å². The van der Waals surface area contributed by atoms with Gasteiger partial charge in [-0.25, -0.2) is 0 Å². The van der Waals surface area contributed by atoms with Gasteiger partial charge in [0.15, 0.2) is 5.96 Å². The number of halogens is 1. The Labute approximate surface area is 157 Å². The van der Waals surface area contributed by atoms with Crippen LogP contribution in [0.2, 0.25) is 0 Å². The van der Waals surface area contributed by atoms with Gasteiger partial charge in [-0.2, -0.15) is 0 Å². The van der Waals surface area contributed by atoms with Crippen molar-refractivity contribution in [2.75, 3.05) is 26.2 Å². The van der Waals surface area contributed by atoms with Gasteiger partial charge in [0.1, 0.15) is 5.75 Å². The molecule has 0 bridgehead atoms. The molecular formula is C18H30IN3O. The lowest BCUT2D eigenvalue weighted by Gasteiger charge is -2.11. The Morgan fingerprint density at radius 1 is 1.17 bits per heavy atom. The predicted octanol–water partition coefficient (Wildman–Crippen LogP) is 3.74. The average Bonchev–Trinajstić information content (AvgIpc) is 3.34. The molecule has 1 saturated carbocycles. The fourth-order valence-electron chi connectivity index (χ4n) is 2.12. The zero-order valence-electron chi connectivity index (χ0n) is 14.3. The van der Waals surface area contributed by atoms with Crippen molar-refractivity contribution in [3.63, 3.8) is 0 Å². The Hall–Kier alpha value is -0.980. The van der Waals surface area contributed by atoms with Gasteiger partial charge in [-0.3, -0.25) is 4.99 Å². The number of benzene rings is 1. The van der Waals surface area contributed by atoms with Gasteiger partial charge in [0, 0.05) is 19.6 Å².